The number of sulfonamides is 1. The van der Waals surface area contributed by atoms with Crippen LogP contribution < -0.4 is 9.86 Å². The third-order valence-corrected chi connectivity index (χ3v) is 5.44. The Bertz CT molecular complexity index is 452. The van der Waals surface area contributed by atoms with Gasteiger partial charge in [-0.2, -0.15) is 12.7 Å². The molecule has 18 heavy (non-hydrogen) atoms. The lowest BCUT2D eigenvalue weighted by Crippen LogP contribution is -2.45. The molecular formula is C9H21N3O4S2. The molecule has 1 saturated heterocycles. The third kappa shape index (κ3) is 5.61. The number of nitrogens with one attached hydrogen (secondary N) is 1. The Morgan fingerprint density at radius 1 is 1.22 bits per heavy atom. The molecule has 0 aliphatic carbocycles. The molecule has 0 atom stereocenters. The van der Waals surface area contributed by atoms with Crippen molar-refractivity contribution in [1.82, 2.24) is 9.03 Å². The van der Waals surface area contributed by atoms with Gasteiger partial charge in [0.25, 0.3) is 10.2 Å². The normalized spacial score (nSPS) is 20.1. The molecule has 0 radical (unpaired) electrons. The SMILES string of the molecule is CC1CCN(S(=O)(=O)NCCCS(N)(=O)=O)CC1. The summed E-state index contributed by atoms with van der Waals surface area (Å²) in [6, 6.07) is 0. The largest absolute Gasteiger partial charge is 0.279 e. The van der Waals surface area contributed by atoms with E-state index < -0.39 is 20.2 Å². The van der Waals surface area contributed by atoms with Crippen LogP contribution in [-0.4, -0.2) is 46.5 Å². The molecule has 9 heteroatoms. The van der Waals surface area contributed by atoms with E-state index >= 15 is 0 Å². The Labute approximate surface area is 109 Å². The second-order valence-corrected chi connectivity index (χ2v) is 8.19. The summed E-state index contributed by atoms with van der Waals surface area (Å²) in [6.45, 7) is 3.23. The van der Waals surface area contributed by atoms with Crippen LogP contribution in [0, 0.1) is 5.92 Å². The molecule has 1 rings (SSSR count). The van der Waals surface area contributed by atoms with Crippen molar-refractivity contribution in [2.24, 2.45) is 11.1 Å². The number of piperidine rings is 1. The molecule has 0 aromatic carbocycles. The van der Waals surface area contributed by atoms with Crippen LogP contribution in [0.3, 0.4) is 0 Å². The topological polar surface area (TPSA) is 110 Å². The van der Waals surface area contributed by atoms with E-state index in [4.69, 9.17) is 5.14 Å². The monoisotopic (exact) mass is 299 g/mol. The minimum Gasteiger partial charge on any atom is -0.229 e. The summed E-state index contributed by atoms with van der Waals surface area (Å²) < 4.78 is 48.9. The summed E-state index contributed by atoms with van der Waals surface area (Å²) in [5.74, 6) is 0.339. The molecule has 0 amide bonds. The highest BCUT2D eigenvalue weighted by Crippen LogP contribution is 2.17. The number of rotatable bonds is 6. The predicted molar refractivity (Wildman–Crippen MR) is 69.5 cm³/mol. The van der Waals surface area contributed by atoms with Crippen molar-refractivity contribution >= 4 is 20.2 Å². The van der Waals surface area contributed by atoms with Crippen molar-refractivity contribution in [3.8, 4) is 0 Å². The van der Waals surface area contributed by atoms with Crippen molar-refractivity contribution in [3.63, 3.8) is 0 Å². The average Bonchev–Trinajstić information content (AvgIpc) is 2.24. The fourth-order valence-electron chi connectivity index (χ4n) is 1.79. The van der Waals surface area contributed by atoms with E-state index in [9.17, 15) is 16.8 Å². The Morgan fingerprint density at radius 2 is 1.78 bits per heavy atom. The molecule has 0 saturated carbocycles. The molecule has 0 unspecified atom stereocenters. The lowest BCUT2D eigenvalue weighted by Gasteiger charge is -2.29. The Hall–Kier alpha value is -0.220. The van der Waals surface area contributed by atoms with Crippen molar-refractivity contribution in [3.05, 3.63) is 0 Å². The second kappa shape index (κ2) is 6.29. The first-order valence-corrected chi connectivity index (χ1v) is 9.11. The predicted octanol–water partition coefficient (Wildman–Crippen LogP) is -0.769. The van der Waals surface area contributed by atoms with E-state index in [0.29, 0.717) is 19.0 Å². The molecule has 1 aliphatic heterocycles. The minimum atomic E-state index is -3.52. The van der Waals surface area contributed by atoms with Crippen LogP contribution >= 0.6 is 0 Å². The van der Waals surface area contributed by atoms with Gasteiger partial charge in [-0.1, -0.05) is 6.92 Å². The molecule has 0 spiro atoms. The second-order valence-electron chi connectivity index (χ2n) is 4.70. The maximum Gasteiger partial charge on any atom is 0.279 e. The zero-order valence-corrected chi connectivity index (χ0v) is 12.1. The summed E-state index contributed by atoms with van der Waals surface area (Å²) in [5, 5.41) is 4.83. The number of nitrogens with zero attached hydrogens (tertiary/aromatic N) is 1. The van der Waals surface area contributed by atoms with Gasteiger partial charge in [-0.05, 0) is 25.2 Å². The lowest BCUT2D eigenvalue weighted by atomic mass is 10.0. The maximum atomic E-state index is 11.9. The standard InChI is InChI=1S/C9H21N3O4S2/c1-9-3-6-12(7-4-9)18(15,16)11-5-2-8-17(10,13)14/h9,11H,2-8H2,1H3,(H2,10,13,14). The molecule has 0 aromatic heterocycles. The Morgan fingerprint density at radius 3 is 2.28 bits per heavy atom. The van der Waals surface area contributed by atoms with Crippen molar-refractivity contribution in [2.75, 3.05) is 25.4 Å². The van der Waals surface area contributed by atoms with Gasteiger partial charge in [0.1, 0.15) is 0 Å². The molecule has 1 heterocycles. The highest BCUT2D eigenvalue weighted by molar-refractivity contribution is 7.89. The van der Waals surface area contributed by atoms with Crippen LogP contribution in [0.15, 0.2) is 0 Å². The van der Waals surface area contributed by atoms with Gasteiger partial charge in [0, 0.05) is 19.6 Å². The van der Waals surface area contributed by atoms with E-state index in [0.717, 1.165) is 12.8 Å². The zero-order valence-electron chi connectivity index (χ0n) is 10.5. The molecule has 0 aromatic rings. The molecule has 1 aliphatic rings. The van der Waals surface area contributed by atoms with Crippen LogP contribution in [0.2, 0.25) is 0 Å². The van der Waals surface area contributed by atoms with Gasteiger partial charge < -0.3 is 0 Å². The highest BCUT2D eigenvalue weighted by Gasteiger charge is 2.25. The van der Waals surface area contributed by atoms with Gasteiger partial charge in [-0.15, -0.1) is 0 Å². The minimum absolute atomic E-state index is 0.0881. The molecule has 3 N–H and O–H groups in total. The molecule has 108 valence electrons. The fraction of sp³-hybridized carbons (Fsp3) is 1.00. The van der Waals surface area contributed by atoms with Gasteiger partial charge in [0.15, 0.2) is 0 Å². The molecule has 7 nitrogen and oxygen atoms in total. The van der Waals surface area contributed by atoms with Gasteiger partial charge in [0.05, 0.1) is 5.75 Å². The summed E-state index contributed by atoms with van der Waals surface area (Å²) in [7, 11) is -7.00. The molecule has 1 fully saturated rings. The van der Waals surface area contributed by atoms with Crippen LogP contribution in [0.25, 0.3) is 0 Å². The van der Waals surface area contributed by atoms with E-state index in [-0.39, 0.29) is 18.7 Å². The number of primary sulfonamides is 1. The van der Waals surface area contributed by atoms with Crippen molar-refractivity contribution < 1.29 is 16.8 Å². The van der Waals surface area contributed by atoms with Crippen molar-refractivity contribution in [1.29, 1.82) is 0 Å². The first-order valence-electron chi connectivity index (χ1n) is 5.96. The first-order chi connectivity index (χ1) is 8.21. The maximum absolute atomic E-state index is 11.9. The highest BCUT2D eigenvalue weighted by atomic mass is 32.2. The van der Waals surface area contributed by atoms with Crippen LogP contribution in [0.5, 0.6) is 0 Å². The number of hydrogen-bond donors (Lipinski definition) is 2. The quantitative estimate of drug-likeness (QED) is 0.628. The Balaban J connectivity index is 2.36. The Kier molecular flexibility index (Phi) is 5.53. The summed E-state index contributed by atoms with van der Waals surface area (Å²) in [4.78, 5) is 0. The van der Waals surface area contributed by atoms with Gasteiger partial charge >= 0.3 is 0 Å². The summed E-state index contributed by atoms with van der Waals surface area (Å²) >= 11 is 0. The lowest BCUT2D eigenvalue weighted by molar-refractivity contribution is 0.285. The van der Waals surface area contributed by atoms with Crippen LogP contribution in [0.1, 0.15) is 26.2 Å². The molecular weight excluding hydrogens is 278 g/mol. The number of hydrogen-bond acceptors (Lipinski definition) is 4. The first kappa shape index (κ1) is 15.8. The van der Waals surface area contributed by atoms with E-state index in [1.165, 1.54) is 4.31 Å². The van der Waals surface area contributed by atoms with Crippen LogP contribution in [-0.2, 0) is 20.2 Å². The third-order valence-electron chi connectivity index (χ3n) is 2.97. The summed E-state index contributed by atoms with van der Waals surface area (Å²) in [6.07, 6.45) is 1.90. The van der Waals surface area contributed by atoms with Crippen molar-refractivity contribution in [2.45, 2.75) is 26.2 Å². The smallest absolute Gasteiger partial charge is 0.229 e. The van der Waals surface area contributed by atoms with Gasteiger partial charge in [-0.25, -0.2) is 18.3 Å². The van der Waals surface area contributed by atoms with Gasteiger partial charge in [-0.3, -0.25) is 0 Å². The fourth-order valence-corrected chi connectivity index (χ4v) is 3.61. The van der Waals surface area contributed by atoms with Gasteiger partial charge in [0.2, 0.25) is 10.0 Å². The number of nitrogens with two attached hydrogens (primary N) is 1. The van der Waals surface area contributed by atoms with Crippen LogP contribution in [0.4, 0.5) is 0 Å². The summed E-state index contributed by atoms with van der Waals surface area (Å²) in [5.41, 5.74) is 0. The molecule has 0 bridgehead atoms. The van der Waals surface area contributed by atoms with E-state index in [1.807, 2.05) is 0 Å². The van der Waals surface area contributed by atoms with E-state index in [1.54, 1.807) is 0 Å². The zero-order chi connectivity index (χ0) is 13.8. The van der Waals surface area contributed by atoms with E-state index in [2.05, 4.69) is 11.6 Å². The average molecular weight is 299 g/mol.